The van der Waals surface area contributed by atoms with Gasteiger partial charge in [0, 0.05) is 23.9 Å². The third-order valence-electron chi connectivity index (χ3n) is 1.30. The molecule has 0 aromatic carbocycles. The Bertz CT molecular complexity index is 96.4. The predicted octanol–water partition coefficient (Wildman–Crippen LogP) is 1.46. The largest absolute Gasteiger partial charge is 0.382 e. The zero-order chi connectivity index (χ0) is 7.94. The van der Waals surface area contributed by atoms with E-state index in [-0.39, 0.29) is 0 Å². The fourth-order valence-electron chi connectivity index (χ4n) is 0.604. The summed E-state index contributed by atoms with van der Waals surface area (Å²) in [4.78, 5) is 0. The highest BCUT2D eigenvalue weighted by atomic mass is 32.2. The van der Waals surface area contributed by atoms with Crippen LogP contribution >= 0.6 is 23.5 Å². The van der Waals surface area contributed by atoms with E-state index in [1.54, 1.807) is 7.11 Å². The lowest BCUT2D eigenvalue weighted by molar-refractivity contribution is 0.0954. The average molecular weight is 194 g/mol. The Labute approximate surface area is 76.4 Å². The van der Waals surface area contributed by atoms with Crippen LogP contribution in [0.15, 0.2) is 0 Å². The van der Waals surface area contributed by atoms with Crippen molar-refractivity contribution in [1.29, 1.82) is 0 Å². The van der Waals surface area contributed by atoms with Crippen molar-refractivity contribution in [3.63, 3.8) is 0 Å². The molecule has 1 heterocycles. The van der Waals surface area contributed by atoms with Crippen LogP contribution in [0.25, 0.3) is 0 Å². The van der Waals surface area contributed by atoms with Crippen LogP contribution in [0, 0.1) is 0 Å². The van der Waals surface area contributed by atoms with Crippen molar-refractivity contribution in [2.45, 2.75) is 5.25 Å². The molecule has 0 aromatic heterocycles. The highest BCUT2D eigenvalue weighted by molar-refractivity contribution is 8.08. The van der Waals surface area contributed by atoms with Gasteiger partial charge in [-0.15, -0.1) is 11.8 Å². The first-order valence-corrected chi connectivity index (χ1v) is 5.90. The number of ether oxygens (including phenoxy) is 2. The molecule has 66 valence electrons. The van der Waals surface area contributed by atoms with E-state index in [2.05, 4.69) is 0 Å². The summed E-state index contributed by atoms with van der Waals surface area (Å²) < 4.78 is 10.1. The predicted molar refractivity (Wildman–Crippen MR) is 51.4 cm³/mol. The maximum Gasteiger partial charge on any atom is 0.0922 e. The smallest absolute Gasteiger partial charge is 0.0922 e. The van der Waals surface area contributed by atoms with Gasteiger partial charge in [0.1, 0.15) is 0 Å². The molecule has 1 saturated heterocycles. The summed E-state index contributed by atoms with van der Waals surface area (Å²) in [7, 11) is 1.69. The van der Waals surface area contributed by atoms with Crippen LogP contribution in [-0.2, 0) is 9.47 Å². The molecule has 1 rings (SSSR count). The van der Waals surface area contributed by atoms with E-state index in [0.717, 1.165) is 17.8 Å². The average Bonchev–Trinajstić information content (AvgIpc) is 2.80. The van der Waals surface area contributed by atoms with Crippen LogP contribution in [-0.4, -0.2) is 43.0 Å². The minimum absolute atomic E-state index is 0.707. The number of hydrogen-bond donors (Lipinski definition) is 0. The quantitative estimate of drug-likeness (QED) is 0.347. The van der Waals surface area contributed by atoms with Gasteiger partial charge in [0.2, 0.25) is 0 Å². The zero-order valence-corrected chi connectivity index (χ0v) is 8.38. The van der Waals surface area contributed by atoms with Gasteiger partial charge in [-0.3, -0.25) is 0 Å². The van der Waals surface area contributed by atoms with Gasteiger partial charge in [0.15, 0.2) is 0 Å². The molecule has 1 aliphatic rings. The molecule has 1 fully saturated rings. The number of methoxy groups -OCH3 is 1. The second kappa shape index (κ2) is 6.17. The number of hydrogen-bond acceptors (Lipinski definition) is 4. The summed E-state index contributed by atoms with van der Waals surface area (Å²) in [5.41, 5.74) is 0. The molecule has 4 heteroatoms. The molecule has 0 spiro atoms. The van der Waals surface area contributed by atoms with Crippen LogP contribution in [0.5, 0.6) is 0 Å². The highest BCUT2D eigenvalue weighted by Gasteiger charge is 2.21. The van der Waals surface area contributed by atoms with E-state index >= 15 is 0 Å². The Balaban J connectivity index is 1.66. The second-order valence-corrected chi connectivity index (χ2v) is 4.66. The lowest BCUT2D eigenvalue weighted by atomic mass is 10.6. The summed E-state index contributed by atoms with van der Waals surface area (Å²) in [6.07, 6.45) is 0. The van der Waals surface area contributed by atoms with E-state index < -0.39 is 0 Å². The third-order valence-corrected chi connectivity index (χ3v) is 3.46. The molecule has 0 aromatic rings. The molecular formula is C7H14O2S2. The third kappa shape index (κ3) is 5.84. The molecule has 0 bridgehead atoms. The normalized spacial score (nSPS) is 22.1. The van der Waals surface area contributed by atoms with Crippen LogP contribution in [0.1, 0.15) is 0 Å². The first-order chi connectivity index (χ1) is 5.43. The van der Waals surface area contributed by atoms with E-state index in [1.165, 1.54) is 11.5 Å². The van der Waals surface area contributed by atoms with Crippen molar-refractivity contribution in [3.8, 4) is 0 Å². The van der Waals surface area contributed by atoms with Gasteiger partial charge in [-0.25, -0.2) is 0 Å². The molecule has 0 N–H and O–H groups in total. The van der Waals surface area contributed by atoms with Gasteiger partial charge in [0.25, 0.3) is 0 Å². The van der Waals surface area contributed by atoms with E-state index in [0.29, 0.717) is 6.61 Å². The summed E-state index contributed by atoms with van der Waals surface area (Å²) in [5.74, 6) is 3.42. The number of thioether (sulfide) groups is 2. The van der Waals surface area contributed by atoms with Gasteiger partial charge in [-0.05, 0) is 0 Å². The van der Waals surface area contributed by atoms with Gasteiger partial charge >= 0.3 is 0 Å². The van der Waals surface area contributed by atoms with Crippen molar-refractivity contribution >= 4 is 23.5 Å². The zero-order valence-electron chi connectivity index (χ0n) is 6.75. The Morgan fingerprint density at radius 3 is 3.00 bits per heavy atom. The first-order valence-electron chi connectivity index (χ1n) is 3.69. The summed E-state index contributed by atoms with van der Waals surface area (Å²) in [6.45, 7) is 1.43. The van der Waals surface area contributed by atoms with Crippen LogP contribution in [0.3, 0.4) is 0 Å². The monoisotopic (exact) mass is 194 g/mol. The molecule has 1 aliphatic heterocycles. The molecule has 2 nitrogen and oxygen atoms in total. The van der Waals surface area contributed by atoms with E-state index in [4.69, 9.17) is 9.47 Å². The maximum absolute atomic E-state index is 5.28. The molecule has 1 unspecified atom stereocenters. The van der Waals surface area contributed by atoms with Gasteiger partial charge in [-0.2, -0.15) is 11.8 Å². The van der Waals surface area contributed by atoms with Crippen molar-refractivity contribution in [1.82, 2.24) is 0 Å². The standard InChI is InChI=1S/C7H14O2S2/c1-8-2-3-9-6-10-4-7-5-11-7/h7H,2-6H2,1H3. The Morgan fingerprint density at radius 1 is 1.55 bits per heavy atom. The Morgan fingerprint density at radius 2 is 2.36 bits per heavy atom. The lowest BCUT2D eigenvalue weighted by Gasteiger charge is -2.01. The minimum atomic E-state index is 0.707. The summed E-state index contributed by atoms with van der Waals surface area (Å²) in [5, 5.41) is 0.922. The fourth-order valence-corrected chi connectivity index (χ4v) is 2.39. The van der Waals surface area contributed by atoms with E-state index in [9.17, 15) is 0 Å². The van der Waals surface area contributed by atoms with Crippen molar-refractivity contribution in [2.75, 3.05) is 37.8 Å². The van der Waals surface area contributed by atoms with Gasteiger partial charge in [-0.1, -0.05) is 0 Å². The molecule has 11 heavy (non-hydrogen) atoms. The molecule has 0 aliphatic carbocycles. The summed E-state index contributed by atoms with van der Waals surface area (Å²) >= 11 is 3.91. The Kier molecular flexibility index (Phi) is 5.45. The molecular weight excluding hydrogens is 180 g/mol. The maximum atomic E-state index is 5.28. The van der Waals surface area contributed by atoms with Gasteiger partial charge < -0.3 is 9.47 Å². The molecule has 0 amide bonds. The minimum Gasteiger partial charge on any atom is -0.382 e. The van der Waals surface area contributed by atoms with Gasteiger partial charge in [0.05, 0.1) is 19.2 Å². The molecule has 0 radical (unpaired) electrons. The lowest BCUT2D eigenvalue weighted by Crippen LogP contribution is -2.02. The van der Waals surface area contributed by atoms with Crippen molar-refractivity contribution in [3.05, 3.63) is 0 Å². The van der Waals surface area contributed by atoms with Crippen molar-refractivity contribution < 1.29 is 9.47 Å². The van der Waals surface area contributed by atoms with E-state index in [1.807, 2.05) is 23.5 Å². The molecule has 0 saturated carbocycles. The number of rotatable bonds is 7. The first kappa shape index (κ1) is 9.71. The van der Waals surface area contributed by atoms with Crippen LogP contribution < -0.4 is 0 Å². The van der Waals surface area contributed by atoms with Crippen LogP contribution in [0.2, 0.25) is 0 Å². The molecule has 1 atom stereocenters. The summed E-state index contributed by atoms with van der Waals surface area (Å²) in [6, 6.07) is 0. The SMILES string of the molecule is COCCOCSCC1CS1. The highest BCUT2D eigenvalue weighted by Crippen LogP contribution is 2.32. The fraction of sp³-hybridized carbons (Fsp3) is 1.00. The topological polar surface area (TPSA) is 18.5 Å². The van der Waals surface area contributed by atoms with Crippen molar-refractivity contribution in [2.24, 2.45) is 0 Å². The second-order valence-electron chi connectivity index (χ2n) is 2.35. The Hall–Kier alpha value is 0.620. The van der Waals surface area contributed by atoms with Crippen LogP contribution in [0.4, 0.5) is 0 Å².